The van der Waals surface area contributed by atoms with Crippen LogP contribution in [0.25, 0.3) is 22.0 Å². The lowest BCUT2D eigenvalue weighted by Gasteiger charge is -2.12. The zero-order chi connectivity index (χ0) is 21.1. The van der Waals surface area contributed by atoms with Crippen molar-refractivity contribution in [1.82, 2.24) is 15.2 Å². The summed E-state index contributed by atoms with van der Waals surface area (Å²) in [5.74, 6) is 0.622. The number of hydrogen-bond acceptors (Lipinski definition) is 6. The summed E-state index contributed by atoms with van der Waals surface area (Å²) in [5, 5.41) is 8.91. The monoisotopic (exact) mass is 440 g/mol. The van der Waals surface area contributed by atoms with Gasteiger partial charge in [-0.3, -0.25) is 4.72 Å². The van der Waals surface area contributed by atoms with E-state index in [9.17, 15) is 8.42 Å². The number of fused-ring (bicyclic) bond motifs is 1. The van der Waals surface area contributed by atoms with Crippen LogP contribution in [0.1, 0.15) is 6.92 Å². The Kier molecular flexibility index (Phi) is 5.52. The Morgan fingerprint density at radius 2 is 1.83 bits per heavy atom. The molecule has 152 valence electrons. The van der Waals surface area contributed by atoms with Crippen LogP contribution in [-0.4, -0.2) is 30.2 Å². The molecule has 0 atom stereocenters. The molecule has 0 aliphatic carbocycles. The first kappa shape index (κ1) is 20.1. The second kappa shape index (κ2) is 8.25. The standard InChI is InChI=1S/C21H17ClN4O3S/c1-2-29-20-13-24-25-18-9-8-14(10-17(18)20)15-11-19(21(22)23-12-15)26-30(27,28)16-6-4-3-5-7-16/h3-13,26H,2H2,1H3. The average Bonchev–Trinajstić information content (AvgIpc) is 2.76. The quantitative estimate of drug-likeness (QED) is 0.442. The molecule has 9 heteroatoms. The van der Waals surface area contributed by atoms with Gasteiger partial charge in [0.15, 0.2) is 5.15 Å². The molecule has 0 amide bonds. The van der Waals surface area contributed by atoms with Crippen molar-refractivity contribution in [3.05, 3.63) is 72.1 Å². The smallest absolute Gasteiger partial charge is 0.261 e. The summed E-state index contributed by atoms with van der Waals surface area (Å²) in [7, 11) is -3.80. The number of ether oxygens (including phenoxy) is 1. The second-order valence-electron chi connectivity index (χ2n) is 6.35. The van der Waals surface area contributed by atoms with Crippen molar-refractivity contribution in [2.45, 2.75) is 11.8 Å². The van der Waals surface area contributed by atoms with Crippen molar-refractivity contribution in [2.24, 2.45) is 0 Å². The van der Waals surface area contributed by atoms with E-state index in [0.717, 1.165) is 10.9 Å². The highest BCUT2D eigenvalue weighted by atomic mass is 35.5. The molecule has 0 aliphatic rings. The van der Waals surface area contributed by atoms with Crippen LogP contribution in [0.15, 0.2) is 71.9 Å². The Morgan fingerprint density at radius 1 is 1.03 bits per heavy atom. The Balaban J connectivity index is 1.74. The highest BCUT2D eigenvalue weighted by Gasteiger charge is 2.17. The first-order valence-corrected chi connectivity index (χ1v) is 11.0. The van der Waals surface area contributed by atoms with Crippen molar-refractivity contribution in [3.8, 4) is 16.9 Å². The zero-order valence-corrected chi connectivity index (χ0v) is 17.5. The van der Waals surface area contributed by atoms with Gasteiger partial charge in [0.05, 0.1) is 28.9 Å². The maximum atomic E-state index is 12.7. The number of aromatic nitrogens is 3. The SMILES string of the molecule is CCOc1cnnc2ccc(-c3cnc(Cl)c(NS(=O)(=O)c4ccccc4)c3)cc12. The molecule has 2 heterocycles. The fourth-order valence-corrected chi connectivity index (χ4v) is 4.25. The molecule has 0 radical (unpaired) electrons. The van der Waals surface area contributed by atoms with Gasteiger partial charge in [-0.15, -0.1) is 0 Å². The van der Waals surface area contributed by atoms with Crippen LogP contribution in [0.5, 0.6) is 5.75 Å². The normalized spacial score (nSPS) is 11.4. The Hall–Kier alpha value is -3.23. The first-order valence-electron chi connectivity index (χ1n) is 9.10. The molecule has 0 fully saturated rings. The van der Waals surface area contributed by atoms with E-state index in [1.807, 2.05) is 25.1 Å². The van der Waals surface area contributed by atoms with Gasteiger partial charge >= 0.3 is 0 Å². The van der Waals surface area contributed by atoms with Crippen LogP contribution in [0.2, 0.25) is 5.15 Å². The van der Waals surface area contributed by atoms with Gasteiger partial charge in [-0.25, -0.2) is 13.4 Å². The maximum Gasteiger partial charge on any atom is 0.261 e. The molecule has 4 rings (SSSR count). The molecular formula is C21H17ClN4O3S. The largest absolute Gasteiger partial charge is 0.491 e. The average molecular weight is 441 g/mol. The molecule has 0 saturated carbocycles. The van der Waals surface area contributed by atoms with E-state index in [4.69, 9.17) is 16.3 Å². The fourth-order valence-electron chi connectivity index (χ4n) is 2.96. The third-order valence-electron chi connectivity index (χ3n) is 4.37. The van der Waals surface area contributed by atoms with E-state index in [1.54, 1.807) is 36.7 Å². The van der Waals surface area contributed by atoms with Crippen molar-refractivity contribution in [1.29, 1.82) is 0 Å². The number of halogens is 1. The molecule has 7 nitrogen and oxygen atoms in total. The fraction of sp³-hybridized carbons (Fsp3) is 0.0952. The Labute approximate surface area is 178 Å². The van der Waals surface area contributed by atoms with Crippen molar-refractivity contribution < 1.29 is 13.2 Å². The molecule has 0 saturated heterocycles. The van der Waals surface area contributed by atoms with Crippen molar-refractivity contribution in [2.75, 3.05) is 11.3 Å². The minimum absolute atomic E-state index is 0.0555. The minimum Gasteiger partial charge on any atom is -0.491 e. The van der Waals surface area contributed by atoms with Gasteiger partial charge in [0.25, 0.3) is 10.0 Å². The number of pyridine rings is 1. The molecule has 0 unspecified atom stereocenters. The van der Waals surface area contributed by atoms with E-state index in [1.165, 1.54) is 12.1 Å². The third kappa shape index (κ3) is 4.05. The predicted molar refractivity (Wildman–Crippen MR) is 116 cm³/mol. The topological polar surface area (TPSA) is 94.1 Å². The van der Waals surface area contributed by atoms with Crippen molar-refractivity contribution >= 4 is 38.2 Å². The molecular weight excluding hydrogens is 424 g/mol. The van der Waals surface area contributed by atoms with Gasteiger partial charge in [-0.05, 0) is 42.8 Å². The lowest BCUT2D eigenvalue weighted by molar-refractivity contribution is 0.342. The van der Waals surface area contributed by atoms with Gasteiger partial charge in [-0.2, -0.15) is 10.2 Å². The Morgan fingerprint density at radius 3 is 2.60 bits per heavy atom. The lowest BCUT2D eigenvalue weighted by Crippen LogP contribution is -2.13. The van der Waals surface area contributed by atoms with Crippen LogP contribution in [0.4, 0.5) is 5.69 Å². The van der Waals surface area contributed by atoms with Gasteiger partial charge in [0.2, 0.25) is 0 Å². The summed E-state index contributed by atoms with van der Waals surface area (Å²) >= 11 is 6.16. The van der Waals surface area contributed by atoms with Crippen LogP contribution in [0, 0.1) is 0 Å². The molecule has 2 aromatic carbocycles. The summed E-state index contributed by atoms with van der Waals surface area (Å²) in [6, 6.07) is 15.3. The predicted octanol–water partition coefficient (Wildman–Crippen LogP) is 4.54. The van der Waals surface area contributed by atoms with Gasteiger partial charge < -0.3 is 4.74 Å². The molecule has 1 N–H and O–H groups in total. The van der Waals surface area contributed by atoms with Crippen LogP contribution in [-0.2, 0) is 10.0 Å². The molecule has 30 heavy (non-hydrogen) atoms. The van der Waals surface area contributed by atoms with E-state index >= 15 is 0 Å². The first-order chi connectivity index (χ1) is 14.5. The van der Waals surface area contributed by atoms with Crippen LogP contribution >= 0.6 is 11.6 Å². The molecule has 0 spiro atoms. The maximum absolute atomic E-state index is 12.7. The Bertz CT molecular complexity index is 1310. The number of anilines is 1. The molecule has 4 aromatic rings. The van der Waals surface area contributed by atoms with Gasteiger partial charge in [0, 0.05) is 17.1 Å². The minimum atomic E-state index is -3.80. The highest BCUT2D eigenvalue weighted by molar-refractivity contribution is 7.92. The number of sulfonamides is 1. The number of hydrogen-bond donors (Lipinski definition) is 1. The van der Waals surface area contributed by atoms with Crippen LogP contribution < -0.4 is 9.46 Å². The van der Waals surface area contributed by atoms with Gasteiger partial charge in [0.1, 0.15) is 5.75 Å². The number of nitrogens with one attached hydrogen (secondary N) is 1. The molecule has 0 bridgehead atoms. The van der Waals surface area contributed by atoms with E-state index in [-0.39, 0.29) is 15.7 Å². The summed E-state index contributed by atoms with van der Waals surface area (Å²) in [5.41, 5.74) is 2.37. The van der Waals surface area contributed by atoms with Crippen LogP contribution in [0.3, 0.4) is 0 Å². The second-order valence-corrected chi connectivity index (χ2v) is 8.40. The number of rotatable bonds is 6. The lowest BCUT2D eigenvalue weighted by atomic mass is 10.0. The summed E-state index contributed by atoms with van der Waals surface area (Å²) < 4.78 is 33.5. The van der Waals surface area contributed by atoms with E-state index in [0.29, 0.717) is 23.4 Å². The molecule has 2 aromatic heterocycles. The zero-order valence-electron chi connectivity index (χ0n) is 15.9. The number of nitrogens with zero attached hydrogens (tertiary/aromatic N) is 3. The number of benzene rings is 2. The highest BCUT2D eigenvalue weighted by Crippen LogP contribution is 2.32. The third-order valence-corrected chi connectivity index (χ3v) is 6.06. The molecule has 0 aliphatic heterocycles. The van der Waals surface area contributed by atoms with Gasteiger partial charge in [-0.1, -0.05) is 35.9 Å². The van der Waals surface area contributed by atoms with E-state index < -0.39 is 10.0 Å². The van der Waals surface area contributed by atoms with Crippen molar-refractivity contribution in [3.63, 3.8) is 0 Å². The summed E-state index contributed by atoms with van der Waals surface area (Å²) in [4.78, 5) is 4.29. The van der Waals surface area contributed by atoms with E-state index in [2.05, 4.69) is 19.9 Å². The summed E-state index contributed by atoms with van der Waals surface area (Å²) in [6.45, 7) is 2.39. The summed E-state index contributed by atoms with van der Waals surface area (Å²) in [6.07, 6.45) is 3.15.